The number of carbonyl (C=O) groups excluding carboxylic acids is 1. The van der Waals surface area contributed by atoms with Crippen LogP contribution in [-0.4, -0.2) is 35.1 Å². The van der Waals surface area contributed by atoms with E-state index in [0.717, 1.165) is 5.56 Å². The summed E-state index contributed by atoms with van der Waals surface area (Å²) in [7, 11) is 0. The number of amides is 2. The molecule has 19 heavy (non-hydrogen) atoms. The van der Waals surface area contributed by atoms with Gasteiger partial charge in [-0.25, -0.2) is 9.18 Å². The van der Waals surface area contributed by atoms with E-state index in [4.69, 9.17) is 5.11 Å². The maximum Gasteiger partial charge on any atom is 0.317 e. The molecule has 1 aromatic carbocycles. The monoisotopic (exact) mass is 266 g/mol. The van der Waals surface area contributed by atoms with Crippen molar-refractivity contribution < 1.29 is 19.1 Å². The number of nitrogens with one attached hydrogen (secondary N) is 1. The largest absolute Gasteiger partial charge is 0.481 e. The average molecular weight is 266 g/mol. The van der Waals surface area contributed by atoms with E-state index in [0.29, 0.717) is 0 Å². The Morgan fingerprint density at radius 1 is 1.37 bits per heavy atom. The smallest absolute Gasteiger partial charge is 0.317 e. The predicted molar refractivity (Wildman–Crippen MR) is 66.0 cm³/mol. The molecule has 1 saturated heterocycles. The summed E-state index contributed by atoms with van der Waals surface area (Å²) < 4.78 is 12.8. The van der Waals surface area contributed by atoms with Crippen molar-refractivity contribution in [2.75, 3.05) is 13.1 Å². The van der Waals surface area contributed by atoms with Crippen molar-refractivity contribution in [3.05, 3.63) is 35.6 Å². The number of halogens is 1. The first-order chi connectivity index (χ1) is 8.97. The van der Waals surface area contributed by atoms with E-state index < -0.39 is 11.9 Å². The van der Waals surface area contributed by atoms with E-state index >= 15 is 0 Å². The van der Waals surface area contributed by atoms with Crippen LogP contribution >= 0.6 is 0 Å². The minimum Gasteiger partial charge on any atom is -0.481 e. The Morgan fingerprint density at radius 2 is 1.95 bits per heavy atom. The van der Waals surface area contributed by atoms with E-state index in [9.17, 15) is 14.0 Å². The van der Waals surface area contributed by atoms with Gasteiger partial charge in [0.05, 0.1) is 12.0 Å². The zero-order valence-corrected chi connectivity index (χ0v) is 10.5. The first kappa shape index (κ1) is 13.3. The summed E-state index contributed by atoms with van der Waals surface area (Å²) in [6, 6.07) is 5.34. The molecule has 0 aliphatic carbocycles. The zero-order valence-electron chi connectivity index (χ0n) is 10.5. The van der Waals surface area contributed by atoms with Crippen molar-refractivity contribution in [1.29, 1.82) is 0 Å². The van der Waals surface area contributed by atoms with Crippen molar-refractivity contribution in [2.45, 2.75) is 13.0 Å². The fourth-order valence-corrected chi connectivity index (χ4v) is 1.91. The van der Waals surface area contributed by atoms with Gasteiger partial charge in [0, 0.05) is 13.1 Å². The van der Waals surface area contributed by atoms with Gasteiger partial charge in [-0.15, -0.1) is 0 Å². The highest BCUT2D eigenvalue weighted by molar-refractivity contribution is 5.80. The molecule has 0 saturated carbocycles. The highest BCUT2D eigenvalue weighted by Crippen LogP contribution is 2.18. The van der Waals surface area contributed by atoms with Crippen molar-refractivity contribution >= 4 is 12.0 Å². The normalized spacial score (nSPS) is 16.6. The first-order valence-electron chi connectivity index (χ1n) is 6.01. The number of carbonyl (C=O) groups is 2. The molecule has 6 heteroatoms. The number of aliphatic carboxylic acids is 1. The number of benzene rings is 1. The van der Waals surface area contributed by atoms with Crippen LogP contribution in [0, 0.1) is 11.7 Å². The fourth-order valence-electron chi connectivity index (χ4n) is 1.91. The molecule has 1 aromatic rings. The number of hydrogen-bond acceptors (Lipinski definition) is 2. The van der Waals surface area contributed by atoms with E-state index in [2.05, 4.69) is 5.32 Å². The molecule has 5 nitrogen and oxygen atoms in total. The van der Waals surface area contributed by atoms with Crippen LogP contribution in [0.15, 0.2) is 24.3 Å². The summed E-state index contributed by atoms with van der Waals surface area (Å²) in [4.78, 5) is 23.9. The molecular formula is C13H15FN2O3. The van der Waals surface area contributed by atoms with Crippen molar-refractivity contribution in [3.8, 4) is 0 Å². The second-order valence-electron chi connectivity index (χ2n) is 4.66. The van der Waals surface area contributed by atoms with E-state index in [1.54, 1.807) is 19.1 Å². The minimum atomic E-state index is -0.879. The van der Waals surface area contributed by atoms with Crippen LogP contribution in [0.4, 0.5) is 9.18 Å². The predicted octanol–water partition coefficient (Wildman–Crippen LogP) is 1.61. The maximum atomic E-state index is 12.8. The molecule has 1 atom stereocenters. The lowest BCUT2D eigenvalue weighted by atomic mass is 10.0. The molecular weight excluding hydrogens is 251 g/mol. The Hall–Kier alpha value is -2.11. The zero-order chi connectivity index (χ0) is 14.0. The van der Waals surface area contributed by atoms with Crippen LogP contribution in [0.2, 0.25) is 0 Å². The molecule has 0 radical (unpaired) electrons. The van der Waals surface area contributed by atoms with E-state index in [1.807, 2.05) is 0 Å². The van der Waals surface area contributed by atoms with Gasteiger partial charge in [-0.1, -0.05) is 12.1 Å². The lowest BCUT2D eigenvalue weighted by Gasteiger charge is -2.37. The number of carboxylic acids is 1. The SMILES string of the molecule is CC(NC(=O)N1CC(C(=O)O)C1)c1ccc(F)cc1. The second kappa shape index (κ2) is 5.26. The second-order valence-corrected chi connectivity index (χ2v) is 4.66. The Balaban J connectivity index is 1.86. The van der Waals surface area contributed by atoms with E-state index in [1.165, 1.54) is 17.0 Å². The lowest BCUT2D eigenvalue weighted by molar-refractivity contribution is -0.146. The van der Waals surface area contributed by atoms with Crippen molar-refractivity contribution in [1.82, 2.24) is 10.2 Å². The molecule has 0 bridgehead atoms. The summed E-state index contributed by atoms with van der Waals surface area (Å²) in [6.07, 6.45) is 0. The molecule has 102 valence electrons. The number of hydrogen-bond donors (Lipinski definition) is 2. The Bertz CT molecular complexity index is 483. The third kappa shape index (κ3) is 3.01. The van der Waals surface area contributed by atoms with Crippen LogP contribution < -0.4 is 5.32 Å². The molecule has 1 heterocycles. The third-order valence-corrected chi connectivity index (χ3v) is 3.23. The number of carboxylic acid groups (broad SMARTS) is 1. The van der Waals surface area contributed by atoms with Crippen LogP contribution in [0.5, 0.6) is 0 Å². The van der Waals surface area contributed by atoms with Gasteiger partial charge in [0.2, 0.25) is 0 Å². The van der Waals surface area contributed by atoms with Crippen LogP contribution in [0.1, 0.15) is 18.5 Å². The van der Waals surface area contributed by atoms with Crippen molar-refractivity contribution in [3.63, 3.8) is 0 Å². The molecule has 2 rings (SSSR count). The standard InChI is InChI=1S/C13H15FN2O3/c1-8(9-2-4-11(14)5-3-9)15-13(19)16-6-10(7-16)12(17)18/h2-5,8,10H,6-7H2,1H3,(H,15,19)(H,17,18). The summed E-state index contributed by atoms with van der Waals surface area (Å²) in [5.74, 6) is -1.67. The van der Waals surface area contributed by atoms with Crippen LogP contribution in [0.25, 0.3) is 0 Å². The summed E-state index contributed by atoms with van der Waals surface area (Å²) in [5, 5.41) is 11.5. The number of rotatable bonds is 3. The van der Waals surface area contributed by atoms with E-state index in [-0.39, 0.29) is 31.0 Å². The minimum absolute atomic E-state index is 0.233. The topological polar surface area (TPSA) is 69.6 Å². The van der Waals surface area contributed by atoms with Gasteiger partial charge in [-0.05, 0) is 24.6 Å². The highest BCUT2D eigenvalue weighted by Gasteiger charge is 2.35. The Kier molecular flexibility index (Phi) is 3.69. The molecule has 1 aliphatic heterocycles. The van der Waals surface area contributed by atoms with Gasteiger partial charge in [0.15, 0.2) is 0 Å². The summed E-state index contributed by atoms with van der Waals surface area (Å²) in [6.45, 7) is 2.26. The van der Waals surface area contributed by atoms with Gasteiger partial charge >= 0.3 is 12.0 Å². The first-order valence-corrected chi connectivity index (χ1v) is 6.01. The van der Waals surface area contributed by atoms with Gasteiger partial charge in [-0.3, -0.25) is 4.79 Å². The molecule has 2 amide bonds. The number of nitrogens with zero attached hydrogens (tertiary/aromatic N) is 1. The Labute approximate surface area is 110 Å². The number of urea groups is 1. The molecule has 1 aliphatic rings. The maximum absolute atomic E-state index is 12.8. The summed E-state index contributed by atoms with van der Waals surface area (Å²) >= 11 is 0. The molecule has 1 unspecified atom stereocenters. The van der Waals surface area contributed by atoms with Gasteiger partial charge in [-0.2, -0.15) is 0 Å². The Morgan fingerprint density at radius 3 is 2.47 bits per heavy atom. The van der Waals surface area contributed by atoms with Gasteiger partial charge in [0.25, 0.3) is 0 Å². The quantitative estimate of drug-likeness (QED) is 0.873. The molecule has 0 aromatic heterocycles. The molecule has 1 fully saturated rings. The lowest BCUT2D eigenvalue weighted by Crippen LogP contribution is -2.56. The summed E-state index contributed by atoms with van der Waals surface area (Å²) in [5.41, 5.74) is 0.796. The van der Waals surface area contributed by atoms with Gasteiger partial charge < -0.3 is 15.3 Å². The van der Waals surface area contributed by atoms with Crippen molar-refractivity contribution in [2.24, 2.45) is 5.92 Å². The molecule has 2 N–H and O–H groups in total. The fraction of sp³-hybridized carbons (Fsp3) is 0.385. The number of likely N-dealkylation sites (tertiary alicyclic amines) is 1. The van der Waals surface area contributed by atoms with Crippen LogP contribution in [-0.2, 0) is 4.79 Å². The average Bonchev–Trinajstić information content (AvgIpc) is 2.26. The highest BCUT2D eigenvalue weighted by atomic mass is 19.1. The van der Waals surface area contributed by atoms with Gasteiger partial charge in [0.1, 0.15) is 5.82 Å². The molecule has 0 spiro atoms. The van der Waals surface area contributed by atoms with Crippen LogP contribution in [0.3, 0.4) is 0 Å². The third-order valence-electron chi connectivity index (χ3n) is 3.23.